The van der Waals surface area contributed by atoms with Crippen LogP contribution in [0.3, 0.4) is 0 Å². The molecule has 0 aliphatic heterocycles. The molecule has 1 fully saturated rings. The Morgan fingerprint density at radius 2 is 2.45 bits per heavy atom. The zero-order chi connectivity index (χ0) is 7.68. The van der Waals surface area contributed by atoms with Gasteiger partial charge in [-0.15, -0.1) is 0 Å². The fraction of sp³-hybridized carbons (Fsp3) is 0.625. The lowest BCUT2D eigenvalue weighted by Crippen LogP contribution is -2.11. The summed E-state index contributed by atoms with van der Waals surface area (Å²) in [6.45, 7) is 0.551. The third kappa shape index (κ3) is 1.05. The maximum atomic E-state index is 5.51. The Balaban J connectivity index is 2.20. The summed E-state index contributed by atoms with van der Waals surface area (Å²) in [7, 11) is 0. The van der Waals surface area contributed by atoms with Gasteiger partial charge in [-0.25, -0.2) is 0 Å². The van der Waals surface area contributed by atoms with Crippen molar-refractivity contribution < 1.29 is 4.52 Å². The van der Waals surface area contributed by atoms with Crippen LogP contribution in [-0.4, -0.2) is 5.16 Å². The van der Waals surface area contributed by atoms with Crippen molar-refractivity contribution in [3.63, 3.8) is 0 Å². The molecule has 3 nitrogen and oxygen atoms in total. The molecule has 0 saturated heterocycles. The second-order valence-electron chi connectivity index (χ2n) is 3.05. The van der Waals surface area contributed by atoms with E-state index in [0.717, 1.165) is 11.3 Å². The van der Waals surface area contributed by atoms with Gasteiger partial charge in [0.1, 0.15) is 5.76 Å². The minimum atomic E-state index is 0.551. The molecule has 1 aromatic heterocycles. The summed E-state index contributed by atoms with van der Waals surface area (Å²) in [5.74, 6) is 1.63. The Hall–Kier alpha value is -0.830. The third-order valence-corrected chi connectivity index (χ3v) is 2.37. The number of aromatic nitrogens is 1. The highest BCUT2D eigenvalue weighted by molar-refractivity contribution is 5.18. The zero-order valence-corrected chi connectivity index (χ0v) is 6.42. The average molecular weight is 152 g/mol. The largest absolute Gasteiger partial charge is 0.361 e. The minimum Gasteiger partial charge on any atom is -0.361 e. The molecule has 1 heterocycles. The Kier molecular flexibility index (Phi) is 1.66. The summed E-state index contributed by atoms with van der Waals surface area (Å²) in [6.07, 6.45) is 5.52. The van der Waals surface area contributed by atoms with Gasteiger partial charge in [-0.3, -0.25) is 0 Å². The van der Waals surface area contributed by atoms with Crippen LogP contribution in [0.1, 0.15) is 36.5 Å². The van der Waals surface area contributed by atoms with E-state index in [0.29, 0.717) is 12.5 Å². The molecular weight excluding hydrogens is 140 g/mol. The van der Waals surface area contributed by atoms with E-state index in [9.17, 15) is 0 Å². The van der Waals surface area contributed by atoms with Gasteiger partial charge in [0.15, 0.2) is 0 Å². The predicted octanol–water partition coefficient (Wildman–Crippen LogP) is 1.40. The topological polar surface area (TPSA) is 52.0 Å². The van der Waals surface area contributed by atoms with E-state index in [1.165, 1.54) is 19.3 Å². The Morgan fingerprint density at radius 1 is 1.64 bits per heavy atom. The number of hydrogen-bond acceptors (Lipinski definition) is 3. The van der Waals surface area contributed by atoms with Crippen molar-refractivity contribution in [3.05, 3.63) is 17.5 Å². The Bertz CT molecular complexity index is 240. The van der Waals surface area contributed by atoms with Crippen LogP contribution in [0.5, 0.6) is 0 Å². The highest BCUT2D eigenvalue weighted by Gasteiger charge is 2.25. The summed E-state index contributed by atoms with van der Waals surface area (Å²) < 4.78 is 5.13. The second kappa shape index (κ2) is 2.66. The summed E-state index contributed by atoms with van der Waals surface area (Å²) in [5.41, 5.74) is 6.59. The van der Waals surface area contributed by atoms with Crippen LogP contribution in [0.2, 0.25) is 0 Å². The highest BCUT2D eigenvalue weighted by Crippen LogP contribution is 2.37. The molecule has 11 heavy (non-hydrogen) atoms. The van der Waals surface area contributed by atoms with Gasteiger partial charge in [0.05, 0.1) is 6.20 Å². The van der Waals surface area contributed by atoms with Crippen LogP contribution in [0, 0.1) is 0 Å². The molecule has 0 spiro atoms. The average Bonchev–Trinajstić information content (AvgIpc) is 2.32. The van der Waals surface area contributed by atoms with Crippen LogP contribution in [0.4, 0.5) is 0 Å². The van der Waals surface area contributed by atoms with E-state index in [4.69, 9.17) is 10.3 Å². The molecule has 0 amide bonds. The fourth-order valence-corrected chi connectivity index (χ4v) is 1.43. The van der Waals surface area contributed by atoms with Crippen molar-refractivity contribution in [2.75, 3.05) is 0 Å². The van der Waals surface area contributed by atoms with E-state index in [1.54, 1.807) is 6.20 Å². The lowest BCUT2D eigenvalue weighted by Gasteiger charge is -2.23. The Labute approximate surface area is 65.6 Å². The summed E-state index contributed by atoms with van der Waals surface area (Å²) in [5, 5.41) is 3.74. The van der Waals surface area contributed by atoms with Crippen LogP contribution in [-0.2, 0) is 6.54 Å². The van der Waals surface area contributed by atoms with Gasteiger partial charge in [-0.05, 0) is 12.8 Å². The summed E-state index contributed by atoms with van der Waals surface area (Å²) in [4.78, 5) is 0. The Morgan fingerprint density at radius 3 is 3.00 bits per heavy atom. The first kappa shape index (κ1) is 6.85. The van der Waals surface area contributed by atoms with E-state index >= 15 is 0 Å². The molecule has 0 bridgehead atoms. The molecule has 1 aliphatic rings. The van der Waals surface area contributed by atoms with Crippen LogP contribution < -0.4 is 5.73 Å². The van der Waals surface area contributed by atoms with Crippen molar-refractivity contribution in [3.8, 4) is 0 Å². The van der Waals surface area contributed by atoms with Crippen molar-refractivity contribution in [2.45, 2.75) is 31.7 Å². The smallest absolute Gasteiger partial charge is 0.144 e. The number of nitrogens with two attached hydrogens (primary N) is 1. The SMILES string of the molecule is NCc1cnoc1C1CCC1. The first-order valence-corrected chi connectivity index (χ1v) is 4.05. The van der Waals surface area contributed by atoms with E-state index < -0.39 is 0 Å². The van der Waals surface area contributed by atoms with Gasteiger partial charge in [0.25, 0.3) is 0 Å². The molecule has 2 rings (SSSR count). The molecule has 3 heteroatoms. The summed E-state index contributed by atoms with van der Waals surface area (Å²) in [6, 6.07) is 0. The van der Waals surface area contributed by atoms with Crippen LogP contribution in [0.15, 0.2) is 10.7 Å². The van der Waals surface area contributed by atoms with E-state index in [-0.39, 0.29) is 0 Å². The molecule has 0 aromatic carbocycles. The first-order valence-electron chi connectivity index (χ1n) is 4.05. The molecule has 1 aromatic rings. The first-order chi connectivity index (χ1) is 5.42. The molecular formula is C8H12N2O. The van der Waals surface area contributed by atoms with Crippen molar-refractivity contribution >= 4 is 0 Å². The van der Waals surface area contributed by atoms with Crippen molar-refractivity contribution in [1.29, 1.82) is 0 Å². The molecule has 2 N–H and O–H groups in total. The number of nitrogens with zero attached hydrogens (tertiary/aromatic N) is 1. The lowest BCUT2D eigenvalue weighted by molar-refractivity contribution is 0.298. The van der Waals surface area contributed by atoms with Crippen LogP contribution >= 0.6 is 0 Å². The maximum Gasteiger partial charge on any atom is 0.144 e. The molecule has 0 unspecified atom stereocenters. The zero-order valence-electron chi connectivity index (χ0n) is 6.42. The third-order valence-electron chi connectivity index (χ3n) is 2.37. The van der Waals surface area contributed by atoms with Crippen molar-refractivity contribution in [1.82, 2.24) is 5.16 Å². The van der Waals surface area contributed by atoms with E-state index in [1.807, 2.05) is 0 Å². The highest BCUT2D eigenvalue weighted by atomic mass is 16.5. The normalized spacial score (nSPS) is 18.3. The summed E-state index contributed by atoms with van der Waals surface area (Å²) >= 11 is 0. The number of hydrogen-bond donors (Lipinski definition) is 1. The molecule has 0 atom stereocenters. The monoisotopic (exact) mass is 152 g/mol. The van der Waals surface area contributed by atoms with Gasteiger partial charge >= 0.3 is 0 Å². The standard InChI is InChI=1S/C8H12N2O/c9-4-7-5-10-11-8(7)6-2-1-3-6/h5-6H,1-4,9H2. The molecule has 1 saturated carbocycles. The second-order valence-corrected chi connectivity index (χ2v) is 3.05. The van der Waals surface area contributed by atoms with Gasteiger partial charge in [0, 0.05) is 18.0 Å². The minimum absolute atomic E-state index is 0.551. The van der Waals surface area contributed by atoms with E-state index in [2.05, 4.69) is 5.16 Å². The lowest BCUT2D eigenvalue weighted by atomic mass is 9.82. The molecule has 0 radical (unpaired) electrons. The van der Waals surface area contributed by atoms with Gasteiger partial charge in [-0.2, -0.15) is 0 Å². The predicted molar refractivity (Wildman–Crippen MR) is 41.0 cm³/mol. The quantitative estimate of drug-likeness (QED) is 0.696. The molecule has 60 valence electrons. The number of rotatable bonds is 2. The van der Waals surface area contributed by atoms with Crippen molar-refractivity contribution in [2.24, 2.45) is 5.73 Å². The molecule has 1 aliphatic carbocycles. The van der Waals surface area contributed by atoms with Gasteiger partial charge < -0.3 is 10.3 Å². The maximum absolute atomic E-state index is 5.51. The van der Waals surface area contributed by atoms with Crippen LogP contribution in [0.25, 0.3) is 0 Å². The van der Waals surface area contributed by atoms with Gasteiger partial charge in [-0.1, -0.05) is 11.6 Å². The fourth-order valence-electron chi connectivity index (χ4n) is 1.43. The van der Waals surface area contributed by atoms with Gasteiger partial charge in [0.2, 0.25) is 0 Å².